The van der Waals surface area contributed by atoms with E-state index in [0.29, 0.717) is 0 Å². The summed E-state index contributed by atoms with van der Waals surface area (Å²) in [7, 11) is 0. The van der Waals surface area contributed by atoms with Crippen LogP contribution in [0, 0.1) is 0 Å². The second-order valence-corrected chi connectivity index (χ2v) is 0.424. The second kappa shape index (κ2) is 8.85. The number of rotatable bonds is 0. The molecule has 4 heavy (non-hydrogen) atoms. The molecule has 22 valence electrons. The Kier molecular flexibility index (Phi) is 19.9. The molecular formula is CH5NaOS. The standard InChI is InChI=1S/CH4OS.Na.H/c2-1-3;;/h2-3H,1H2;;/q;+1;-1. The molecule has 0 bridgehead atoms. The summed E-state index contributed by atoms with van der Waals surface area (Å²) in [6.07, 6.45) is 0. The van der Waals surface area contributed by atoms with Crippen molar-refractivity contribution in [2.45, 2.75) is 0 Å². The van der Waals surface area contributed by atoms with Crippen molar-refractivity contribution in [2.75, 3.05) is 5.94 Å². The van der Waals surface area contributed by atoms with Crippen LogP contribution in [0.2, 0.25) is 0 Å². The minimum atomic E-state index is -0.0556. The summed E-state index contributed by atoms with van der Waals surface area (Å²) >= 11 is 3.34. The molecule has 0 atom stereocenters. The zero-order chi connectivity index (χ0) is 2.71. The molecule has 0 aromatic heterocycles. The fourth-order valence-corrected chi connectivity index (χ4v) is 0. The Bertz CT molecular complexity index is 11.6. The van der Waals surface area contributed by atoms with E-state index in [1.54, 1.807) is 0 Å². The third-order valence-electron chi connectivity index (χ3n) is 0. The molecule has 0 spiro atoms. The van der Waals surface area contributed by atoms with E-state index in [4.69, 9.17) is 5.11 Å². The molecule has 0 unspecified atom stereocenters. The number of hydrogen-bond donors (Lipinski definition) is 2. The van der Waals surface area contributed by atoms with E-state index in [-0.39, 0.29) is 36.9 Å². The quantitative estimate of drug-likeness (QED) is 0.183. The predicted molar refractivity (Wildman–Crippen MR) is 17.2 cm³/mol. The Morgan fingerprint density at radius 1 is 2.00 bits per heavy atom. The van der Waals surface area contributed by atoms with Crippen molar-refractivity contribution >= 4 is 12.6 Å². The molecular weight excluding hydrogens is 83.1 g/mol. The Labute approximate surface area is 54.6 Å². The molecule has 3 heteroatoms. The van der Waals surface area contributed by atoms with E-state index in [1.165, 1.54) is 0 Å². The van der Waals surface area contributed by atoms with E-state index < -0.39 is 0 Å². The largest absolute Gasteiger partial charge is 1.00 e. The first-order chi connectivity index (χ1) is 1.41. The van der Waals surface area contributed by atoms with Crippen molar-refractivity contribution in [3.8, 4) is 0 Å². The van der Waals surface area contributed by atoms with Gasteiger partial charge in [-0.1, -0.05) is 0 Å². The van der Waals surface area contributed by atoms with Crippen LogP contribution in [0.1, 0.15) is 1.43 Å². The van der Waals surface area contributed by atoms with Gasteiger partial charge in [0.15, 0.2) is 0 Å². The van der Waals surface area contributed by atoms with Crippen LogP contribution in [0.25, 0.3) is 0 Å². The van der Waals surface area contributed by atoms with Gasteiger partial charge in [0.05, 0.1) is 5.94 Å². The van der Waals surface area contributed by atoms with Gasteiger partial charge < -0.3 is 6.53 Å². The van der Waals surface area contributed by atoms with Gasteiger partial charge in [-0.25, -0.2) is 0 Å². The van der Waals surface area contributed by atoms with Gasteiger partial charge in [-0.05, 0) is 0 Å². The van der Waals surface area contributed by atoms with Gasteiger partial charge in [0.2, 0.25) is 0 Å². The van der Waals surface area contributed by atoms with Crippen LogP contribution in [-0.2, 0) is 0 Å². The van der Waals surface area contributed by atoms with Crippen molar-refractivity contribution in [1.82, 2.24) is 0 Å². The van der Waals surface area contributed by atoms with E-state index in [1.807, 2.05) is 0 Å². The number of thiol groups is 1. The Morgan fingerprint density at radius 2 is 2.00 bits per heavy atom. The summed E-state index contributed by atoms with van der Waals surface area (Å²) in [5, 5.41) is 7.43. The Hall–Kier alpha value is 1.31. The van der Waals surface area contributed by atoms with E-state index in [2.05, 4.69) is 12.6 Å². The van der Waals surface area contributed by atoms with E-state index >= 15 is 0 Å². The Morgan fingerprint density at radius 3 is 2.00 bits per heavy atom. The van der Waals surface area contributed by atoms with Crippen LogP contribution >= 0.6 is 12.6 Å². The third kappa shape index (κ3) is 10.3. The number of aliphatic hydroxyl groups excluding tert-OH is 1. The van der Waals surface area contributed by atoms with Crippen LogP contribution in [0.4, 0.5) is 0 Å². The van der Waals surface area contributed by atoms with Gasteiger partial charge >= 0.3 is 29.6 Å². The summed E-state index contributed by atoms with van der Waals surface area (Å²) in [5.74, 6) is -0.0556. The first kappa shape index (κ1) is 9.00. The molecule has 0 heterocycles. The molecule has 0 aromatic rings. The summed E-state index contributed by atoms with van der Waals surface area (Å²) in [6, 6.07) is 0. The average molecular weight is 88.1 g/mol. The van der Waals surface area contributed by atoms with Gasteiger partial charge in [-0.15, -0.1) is 0 Å². The van der Waals surface area contributed by atoms with Crippen LogP contribution in [-0.4, -0.2) is 11.0 Å². The zero-order valence-corrected chi connectivity index (χ0v) is 5.50. The molecule has 0 aliphatic heterocycles. The predicted octanol–water partition coefficient (Wildman–Crippen LogP) is -3.02. The van der Waals surface area contributed by atoms with Crippen LogP contribution in [0.5, 0.6) is 0 Å². The van der Waals surface area contributed by atoms with Crippen molar-refractivity contribution in [2.24, 2.45) is 0 Å². The average Bonchev–Trinajstić information content (AvgIpc) is 0.918. The summed E-state index contributed by atoms with van der Waals surface area (Å²) < 4.78 is 0. The minimum absolute atomic E-state index is 0. The molecule has 0 amide bonds. The summed E-state index contributed by atoms with van der Waals surface area (Å²) in [4.78, 5) is 0. The van der Waals surface area contributed by atoms with Crippen LogP contribution in [0.15, 0.2) is 0 Å². The Balaban J connectivity index is -0.0000000200. The summed E-state index contributed by atoms with van der Waals surface area (Å²) in [6.45, 7) is 0. The van der Waals surface area contributed by atoms with Gasteiger partial charge in [-0.3, -0.25) is 0 Å². The van der Waals surface area contributed by atoms with E-state index in [0.717, 1.165) is 0 Å². The first-order valence-electron chi connectivity index (χ1n) is 0.632. The minimum Gasteiger partial charge on any atom is -1.00 e. The molecule has 0 saturated carbocycles. The van der Waals surface area contributed by atoms with Crippen molar-refractivity contribution < 1.29 is 36.1 Å². The molecule has 0 rings (SSSR count). The normalized spacial score (nSPS) is 4.50. The monoisotopic (exact) mass is 88.0 g/mol. The topological polar surface area (TPSA) is 20.2 Å². The molecule has 1 nitrogen and oxygen atoms in total. The van der Waals surface area contributed by atoms with Gasteiger partial charge in [0, 0.05) is 0 Å². The molecule has 0 fully saturated rings. The summed E-state index contributed by atoms with van der Waals surface area (Å²) in [5.41, 5.74) is 0. The van der Waals surface area contributed by atoms with E-state index in [9.17, 15) is 0 Å². The van der Waals surface area contributed by atoms with Gasteiger partial charge in [-0.2, -0.15) is 12.6 Å². The smallest absolute Gasteiger partial charge is 1.00 e. The maximum atomic E-state index is 7.43. The molecule has 0 aliphatic rings. The molecule has 1 N–H and O–H groups in total. The van der Waals surface area contributed by atoms with Crippen LogP contribution in [0.3, 0.4) is 0 Å². The molecule has 0 aromatic carbocycles. The fraction of sp³-hybridized carbons (Fsp3) is 1.00. The molecule has 0 saturated heterocycles. The number of hydrogen-bond acceptors (Lipinski definition) is 2. The zero-order valence-electron chi connectivity index (χ0n) is 3.60. The van der Waals surface area contributed by atoms with Crippen LogP contribution < -0.4 is 29.6 Å². The van der Waals surface area contributed by atoms with Crippen molar-refractivity contribution in [3.63, 3.8) is 0 Å². The van der Waals surface area contributed by atoms with Gasteiger partial charge in [0.25, 0.3) is 0 Å². The fourth-order valence-electron chi connectivity index (χ4n) is 0. The maximum absolute atomic E-state index is 7.43. The van der Waals surface area contributed by atoms with Gasteiger partial charge in [0.1, 0.15) is 0 Å². The van der Waals surface area contributed by atoms with Crippen molar-refractivity contribution in [1.29, 1.82) is 0 Å². The molecule has 0 radical (unpaired) electrons. The number of aliphatic hydroxyl groups is 1. The first-order valence-corrected chi connectivity index (χ1v) is 1.26. The van der Waals surface area contributed by atoms with Crippen molar-refractivity contribution in [3.05, 3.63) is 0 Å². The third-order valence-corrected chi connectivity index (χ3v) is 0. The molecule has 0 aliphatic carbocycles. The maximum Gasteiger partial charge on any atom is 1.00 e. The SMILES string of the molecule is OCS.[H-].[Na+]. The second-order valence-electron chi connectivity index (χ2n) is 0.141.